The molecule has 0 saturated carbocycles. The SMILES string of the molecule is CC(C)(C)NC(=O)NCCOc1cccc(F)c1. The van der Waals surface area contributed by atoms with Crippen molar-refractivity contribution in [2.24, 2.45) is 0 Å². The first-order valence-electron chi connectivity index (χ1n) is 5.81. The molecular weight excluding hydrogens is 235 g/mol. The highest BCUT2D eigenvalue weighted by Gasteiger charge is 2.12. The van der Waals surface area contributed by atoms with Gasteiger partial charge in [0.25, 0.3) is 0 Å². The van der Waals surface area contributed by atoms with Crippen molar-refractivity contribution in [3.63, 3.8) is 0 Å². The van der Waals surface area contributed by atoms with E-state index in [1.54, 1.807) is 12.1 Å². The highest BCUT2D eigenvalue weighted by molar-refractivity contribution is 5.74. The van der Waals surface area contributed by atoms with E-state index in [1.165, 1.54) is 12.1 Å². The van der Waals surface area contributed by atoms with Crippen molar-refractivity contribution >= 4 is 6.03 Å². The third kappa shape index (κ3) is 6.08. The lowest BCUT2D eigenvalue weighted by molar-refractivity contribution is 0.228. The zero-order valence-electron chi connectivity index (χ0n) is 10.9. The minimum absolute atomic E-state index is 0.245. The van der Waals surface area contributed by atoms with E-state index in [4.69, 9.17) is 4.74 Å². The molecule has 0 aromatic heterocycles. The molecule has 2 N–H and O–H groups in total. The maximum Gasteiger partial charge on any atom is 0.315 e. The topological polar surface area (TPSA) is 50.4 Å². The Morgan fingerprint density at radius 1 is 1.39 bits per heavy atom. The minimum Gasteiger partial charge on any atom is -0.492 e. The first kappa shape index (κ1) is 14.3. The Morgan fingerprint density at radius 2 is 2.11 bits per heavy atom. The van der Waals surface area contributed by atoms with E-state index in [-0.39, 0.29) is 17.4 Å². The number of carbonyl (C=O) groups is 1. The number of hydrogen-bond donors (Lipinski definition) is 2. The number of halogens is 1. The van der Waals surface area contributed by atoms with Crippen LogP contribution in [0.4, 0.5) is 9.18 Å². The molecule has 0 aliphatic rings. The molecule has 1 aromatic carbocycles. The number of nitrogens with one attached hydrogen (secondary N) is 2. The van der Waals surface area contributed by atoms with Crippen molar-refractivity contribution in [2.75, 3.05) is 13.2 Å². The summed E-state index contributed by atoms with van der Waals surface area (Å²) in [5.74, 6) is 0.110. The average Bonchev–Trinajstić information content (AvgIpc) is 2.22. The van der Waals surface area contributed by atoms with Crippen molar-refractivity contribution in [3.05, 3.63) is 30.1 Å². The summed E-state index contributed by atoms with van der Waals surface area (Å²) in [5.41, 5.74) is -0.270. The quantitative estimate of drug-likeness (QED) is 0.810. The molecular formula is C13H19FN2O2. The number of benzene rings is 1. The van der Waals surface area contributed by atoms with Gasteiger partial charge < -0.3 is 15.4 Å². The van der Waals surface area contributed by atoms with Crippen LogP contribution in [0.2, 0.25) is 0 Å². The van der Waals surface area contributed by atoms with Crippen molar-refractivity contribution < 1.29 is 13.9 Å². The summed E-state index contributed by atoms with van der Waals surface area (Å²) in [5, 5.41) is 5.42. The number of carbonyl (C=O) groups excluding carboxylic acids is 1. The van der Waals surface area contributed by atoms with Gasteiger partial charge in [0.15, 0.2) is 0 Å². The molecule has 0 saturated heterocycles. The monoisotopic (exact) mass is 254 g/mol. The summed E-state index contributed by atoms with van der Waals surface area (Å²) >= 11 is 0. The van der Waals surface area contributed by atoms with Gasteiger partial charge in [-0.05, 0) is 32.9 Å². The molecule has 0 bridgehead atoms. The van der Waals surface area contributed by atoms with Gasteiger partial charge in [0.05, 0.1) is 6.54 Å². The predicted octanol–water partition coefficient (Wildman–Crippen LogP) is 2.30. The lowest BCUT2D eigenvalue weighted by Gasteiger charge is -2.20. The molecule has 0 aliphatic carbocycles. The molecule has 0 heterocycles. The Kier molecular flexibility index (Phi) is 4.95. The Balaban J connectivity index is 2.21. The molecule has 0 unspecified atom stereocenters. The highest BCUT2D eigenvalue weighted by atomic mass is 19.1. The first-order valence-corrected chi connectivity index (χ1v) is 5.81. The van der Waals surface area contributed by atoms with Crippen molar-refractivity contribution in [1.29, 1.82) is 0 Å². The lowest BCUT2D eigenvalue weighted by atomic mass is 10.1. The van der Waals surface area contributed by atoms with E-state index >= 15 is 0 Å². The average molecular weight is 254 g/mol. The zero-order valence-corrected chi connectivity index (χ0v) is 10.9. The number of hydrogen-bond acceptors (Lipinski definition) is 2. The molecule has 4 nitrogen and oxygen atoms in total. The number of ether oxygens (including phenoxy) is 1. The van der Waals surface area contributed by atoms with Gasteiger partial charge in [-0.2, -0.15) is 0 Å². The molecule has 100 valence electrons. The molecule has 1 rings (SSSR count). The standard InChI is InChI=1S/C13H19FN2O2/c1-13(2,3)16-12(17)15-7-8-18-11-6-4-5-10(14)9-11/h4-6,9H,7-8H2,1-3H3,(H2,15,16,17). The Labute approximate surface area is 107 Å². The predicted molar refractivity (Wildman–Crippen MR) is 68.2 cm³/mol. The highest BCUT2D eigenvalue weighted by Crippen LogP contribution is 2.11. The molecule has 2 amide bonds. The van der Waals surface area contributed by atoms with Crippen LogP contribution in [0, 0.1) is 5.82 Å². The van der Waals surface area contributed by atoms with E-state index in [1.807, 2.05) is 20.8 Å². The van der Waals surface area contributed by atoms with Gasteiger partial charge in [-0.15, -0.1) is 0 Å². The van der Waals surface area contributed by atoms with Crippen LogP contribution in [0.25, 0.3) is 0 Å². The second kappa shape index (κ2) is 6.23. The van der Waals surface area contributed by atoms with E-state index in [0.29, 0.717) is 18.9 Å². The van der Waals surface area contributed by atoms with E-state index in [9.17, 15) is 9.18 Å². The van der Waals surface area contributed by atoms with Crippen LogP contribution in [0.1, 0.15) is 20.8 Å². The number of rotatable bonds is 4. The second-order valence-corrected chi connectivity index (χ2v) is 4.94. The Bertz CT molecular complexity index is 402. The van der Waals surface area contributed by atoms with Gasteiger partial charge in [0, 0.05) is 11.6 Å². The van der Waals surface area contributed by atoms with Crippen LogP contribution in [-0.4, -0.2) is 24.7 Å². The maximum atomic E-state index is 12.8. The molecule has 0 fully saturated rings. The zero-order chi connectivity index (χ0) is 13.6. The van der Waals surface area contributed by atoms with Gasteiger partial charge in [-0.1, -0.05) is 6.07 Å². The van der Waals surface area contributed by atoms with Crippen LogP contribution < -0.4 is 15.4 Å². The van der Waals surface area contributed by atoms with Gasteiger partial charge in [0.1, 0.15) is 18.2 Å². The van der Waals surface area contributed by atoms with E-state index < -0.39 is 0 Å². The fraction of sp³-hybridized carbons (Fsp3) is 0.462. The van der Waals surface area contributed by atoms with Gasteiger partial charge in [-0.25, -0.2) is 9.18 Å². The third-order valence-corrected chi connectivity index (χ3v) is 1.94. The first-order chi connectivity index (χ1) is 8.37. The summed E-state index contributed by atoms with van der Waals surface area (Å²) in [7, 11) is 0. The fourth-order valence-corrected chi connectivity index (χ4v) is 1.28. The Morgan fingerprint density at radius 3 is 2.72 bits per heavy atom. The normalized spacial score (nSPS) is 10.9. The van der Waals surface area contributed by atoms with E-state index in [2.05, 4.69) is 10.6 Å². The third-order valence-electron chi connectivity index (χ3n) is 1.94. The minimum atomic E-state index is -0.342. The molecule has 1 aromatic rings. The van der Waals surface area contributed by atoms with Gasteiger partial charge in [0.2, 0.25) is 0 Å². The van der Waals surface area contributed by atoms with E-state index in [0.717, 1.165) is 0 Å². The van der Waals surface area contributed by atoms with Crippen molar-refractivity contribution in [3.8, 4) is 5.75 Å². The lowest BCUT2D eigenvalue weighted by Crippen LogP contribution is -2.47. The molecule has 0 spiro atoms. The van der Waals surface area contributed by atoms with Crippen molar-refractivity contribution in [1.82, 2.24) is 10.6 Å². The molecule has 5 heteroatoms. The van der Waals surface area contributed by atoms with Crippen LogP contribution in [0.15, 0.2) is 24.3 Å². The van der Waals surface area contributed by atoms with Gasteiger partial charge in [-0.3, -0.25) is 0 Å². The summed E-state index contributed by atoms with van der Waals surface area (Å²) in [4.78, 5) is 11.4. The van der Waals surface area contributed by atoms with Crippen LogP contribution in [-0.2, 0) is 0 Å². The molecule has 0 radical (unpaired) electrons. The fourth-order valence-electron chi connectivity index (χ4n) is 1.28. The molecule has 18 heavy (non-hydrogen) atoms. The van der Waals surface area contributed by atoms with Gasteiger partial charge >= 0.3 is 6.03 Å². The number of urea groups is 1. The van der Waals surface area contributed by atoms with Crippen LogP contribution >= 0.6 is 0 Å². The van der Waals surface area contributed by atoms with Crippen LogP contribution in [0.5, 0.6) is 5.75 Å². The maximum absolute atomic E-state index is 12.8. The smallest absolute Gasteiger partial charge is 0.315 e. The molecule has 0 aliphatic heterocycles. The Hall–Kier alpha value is -1.78. The second-order valence-electron chi connectivity index (χ2n) is 4.94. The van der Waals surface area contributed by atoms with Crippen molar-refractivity contribution in [2.45, 2.75) is 26.3 Å². The summed E-state index contributed by atoms with van der Waals surface area (Å²) in [6.07, 6.45) is 0. The van der Waals surface area contributed by atoms with Crippen LogP contribution in [0.3, 0.4) is 0 Å². The largest absolute Gasteiger partial charge is 0.492 e. The summed E-state index contributed by atoms with van der Waals surface area (Å²) in [6.45, 7) is 6.35. The molecule has 0 atom stereocenters. The summed E-state index contributed by atoms with van der Waals surface area (Å²) < 4.78 is 18.1. The summed E-state index contributed by atoms with van der Waals surface area (Å²) in [6, 6.07) is 5.64. The number of amides is 2.